The third-order valence-electron chi connectivity index (χ3n) is 7.86. The molecule has 0 aromatic carbocycles. The maximum Gasteiger partial charge on any atom is 0.192 e. The van der Waals surface area contributed by atoms with Crippen LogP contribution < -0.4 is 5.73 Å². The predicted octanol–water partition coefficient (Wildman–Crippen LogP) is 3.95. The molecule has 8 nitrogen and oxygen atoms in total. The minimum Gasteiger partial charge on any atom is -0.414 e. The maximum atomic E-state index is 6.86. The Labute approximate surface area is 196 Å². The van der Waals surface area contributed by atoms with Crippen molar-refractivity contribution in [2.75, 3.05) is 6.61 Å². The highest BCUT2D eigenvalue weighted by molar-refractivity contribution is 6.74. The Balaban J connectivity index is 1.77. The first-order chi connectivity index (χ1) is 14.5. The van der Waals surface area contributed by atoms with Gasteiger partial charge in [-0.05, 0) is 36.3 Å². The van der Waals surface area contributed by atoms with Crippen molar-refractivity contribution >= 4 is 35.1 Å². The molecule has 0 amide bonds. The highest BCUT2D eigenvalue weighted by Gasteiger charge is 2.49. The van der Waals surface area contributed by atoms with E-state index in [-0.39, 0.29) is 40.7 Å². The van der Waals surface area contributed by atoms with Crippen molar-refractivity contribution in [3.63, 3.8) is 0 Å². The zero-order valence-corrected chi connectivity index (χ0v) is 23.5. The van der Waals surface area contributed by atoms with Crippen molar-refractivity contribution in [3.8, 4) is 0 Å². The lowest BCUT2D eigenvalue weighted by Crippen LogP contribution is -2.48. The molecular formula is C22H43N5O3Si2. The van der Waals surface area contributed by atoms with Gasteiger partial charge < -0.3 is 24.2 Å². The van der Waals surface area contributed by atoms with E-state index in [4.69, 9.17) is 19.3 Å². The van der Waals surface area contributed by atoms with E-state index in [1.807, 2.05) is 6.34 Å². The highest BCUT2D eigenvalue weighted by atomic mass is 28.4. The second kappa shape index (κ2) is 8.61. The number of aliphatic imine (C=N–C) groups is 3. The Bertz CT molecular complexity index is 785. The van der Waals surface area contributed by atoms with Gasteiger partial charge in [0.15, 0.2) is 22.8 Å². The Hall–Kier alpha value is -1.08. The van der Waals surface area contributed by atoms with Crippen LogP contribution in [0, 0.1) is 0 Å². The molecule has 3 aliphatic heterocycles. The average Bonchev–Trinajstić information content (AvgIpc) is 3.22. The summed E-state index contributed by atoms with van der Waals surface area (Å²) in [4.78, 5) is 15.2. The topological polar surface area (TPSA) is 94.0 Å². The Morgan fingerprint density at radius 2 is 1.69 bits per heavy atom. The molecule has 0 aromatic heterocycles. The number of hydrogen-bond acceptors (Lipinski definition) is 8. The van der Waals surface area contributed by atoms with Gasteiger partial charge in [-0.15, -0.1) is 0 Å². The zero-order valence-electron chi connectivity index (χ0n) is 21.5. The van der Waals surface area contributed by atoms with E-state index in [1.165, 1.54) is 6.34 Å². The van der Waals surface area contributed by atoms with Crippen LogP contribution >= 0.6 is 0 Å². The van der Waals surface area contributed by atoms with Gasteiger partial charge in [0.1, 0.15) is 30.5 Å². The van der Waals surface area contributed by atoms with Crippen LogP contribution in [0.3, 0.4) is 0 Å². The minimum atomic E-state index is -1.98. The fourth-order valence-corrected chi connectivity index (χ4v) is 5.93. The molecule has 182 valence electrons. The molecule has 0 aromatic rings. The third-order valence-corrected chi connectivity index (χ3v) is 16.9. The van der Waals surface area contributed by atoms with Crippen LogP contribution in [-0.2, 0) is 13.6 Å². The highest BCUT2D eigenvalue weighted by Crippen LogP contribution is 2.42. The van der Waals surface area contributed by atoms with Crippen LogP contribution in [0.2, 0.25) is 36.3 Å². The lowest BCUT2D eigenvalue weighted by molar-refractivity contribution is -0.0592. The number of nitrogens with zero attached hydrogens (tertiary/aromatic N) is 4. The molecule has 3 rings (SSSR count). The van der Waals surface area contributed by atoms with Gasteiger partial charge in [-0.1, -0.05) is 41.5 Å². The summed E-state index contributed by atoms with van der Waals surface area (Å²) in [6.45, 7) is 23.3. The van der Waals surface area contributed by atoms with Crippen molar-refractivity contribution in [3.05, 3.63) is 0 Å². The van der Waals surface area contributed by atoms with E-state index in [2.05, 4.69) is 87.6 Å². The largest absolute Gasteiger partial charge is 0.414 e. The van der Waals surface area contributed by atoms with Gasteiger partial charge in [-0.25, -0.2) is 9.98 Å². The number of ether oxygens (including phenoxy) is 1. The second-order valence-corrected chi connectivity index (χ2v) is 21.8. The van der Waals surface area contributed by atoms with Gasteiger partial charge in [0, 0.05) is 6.42 Å². The van der Waals surface area contributed by atoms with E-state index in [1.54, 1.807) is 0 Å². The van der Waals surface area contributed by atoms with E-state index in [0.29, 0.717) is 12.4 Å². The van der Waals surface area contributed by atoms with Crippen molar-refractivity contribution in [1.82, 2.24) is 4.90 Å². The molecule has 2 N–H and O–H groups in total. The molecule has 5 atom stereocenters. The van der Waals surface area contributed by atoms with E-state index < -0.39 is 16.6 Å². The van der Waals surface area contributed by atoms with E-state index in [9.17, 15) is 0 Å². The standard InChI is InChI=1S/C22H43N5O3Si2/c1-21(2,3)31(7,8)28-12-16-15(30-32(9,10)22(4,5)6)11-17(29-16)27-14-26-18-19(23)24-13-25-20(18)27/h13-18,20H,11-12H2,1-10H3,(H2,23,24,25)/t15?,16-,17-,18?,20?/m1/s1. The summed E-state index contributed by atoms with van der Waals surface area (Å²) in [5.41, 5.74) is 6.05. The van der Waals surface area contributed by atoms with Gasteiger partial charge in [-0.3, -0.25) is 4.99 Å². The Kier molecular flexibility index (Phi) is 6.87. The average molecular weight is 482 g/mol. The summed E-state index contributed by atoms with van der Waals surface area (Å²) in [7, 11) is -3.89. The first-order valence-corrected chi connectivity index (χ1v) is 17.5. The van der Waals surface area contributed by atoms with Crippen LogP contribution in [0.25, 0.3) is 0 Å². The first-order valence-electron chi connectivity index (χ1n) is 11.7. The summed E-state index contributed by atoms with van der Waals surface area (Å²) in [6.07, 6.45) is 3.54. The van der Waals surface area contributed by atoms with Gasteiger partial charge >= 0.3 is 0 Å². The Morgan fingerprint density at radius 1 is 1.06 bits per heavy atom. The summed E-state index contributed by atoms with van der Waals surface area (Å²) in [6, 6.07) is -0.245. The lowest BCUT2D eigenvalue weighted by atomic mass is 10.1. The zero-order chi connectivity index (χ0) is 24.1. The minimum absolute atomic E-state index is 0.0308. The van der Waals surface area contributed by atoms with Crippen LogP contribution in [0.1, 0.15) is 48.0 Å². The van der Waals surface area contributed by atoms with E-state index >= 15 is 0 Å². The van der Waals surface area contributed by atoms with Gasteiger partial charge in [-0.2, -0.15) is 0 Å². The fourth-order valence-electron chi connectivity index (χ4n) is 3.55. The Morgan fingerprint density at radius 3 is 2.28 bits per heavy atom. The second-order valence-electron chi connectivity index (χ2n) is 12.2. The van der Waals surface area contributed by atoms with Crippen molar-refractivity contribution in [2.45, 2.75) is 115 Å². The molecule has 0 bridgehead atoms. The molecular weight excluding hydrogens is 438 g/mol. The summed E-state index contributed by atoms with van der Waals surface area (Å²) in [5, 5.41) is 0.262. The summed E-state index contributed by atoms with van der Waals surface area (Å²) < 4.78 is 20.0. The molecule has 0 radical (unpaired) electrons. The number of amidine groups is 1. The van der Waals surface area contributed by atoms with Crippen molar-refractivity contribution in [1.29, 1.82) is 0 Å². The van der Waals surface area contributed by atoms with Crippen molar-refractivity contribution in [2.24, 2.45) is 20.7 Å². The van der Waals surface area contributed by atoms with Gasteiger partial charge in [0.05, 0.1) is 19.0 Å². The summed E-state index contributed by atoms with van der Waals surface area (Å²) >= 11 is 0. The number of hydrogen-bond donors (Lipinski definition) is 1. The smallest absolute Gasteiger partial charge is 0.192 e. The molecule has 32 heavy (non-hydrogen) atoms. The molecule has 0 spiro atoms. The van der Waals surface area contributed by atoms with Crippen LogP contribution in [0.15, 0.2) is 15.0 Å². The molecule has 3 unspecified atom stereocenters. The van der Waals surface area contributed by atoms with E-state index in [0.717, 1.165) is 6.42 Å². The molecule has 3 heterocycles. The van der Waals surface area contributed by atoms with Gasteiger partial charge in [0.2, 0.25) is 0 Å². The predicted molar refractivity (Wildman–Crippen MR) is 137 cm³/mol. The monoisotopic (exact) mass is 481 g/mol. The molecule has 3 aliphatic rings. The molecule has 0 aliphatic carbocycles. The molecule has 1 saturated heterocycles. The molecule has 1 fully saturated rings. The quantitative estimate of drug-likeness (QED) is 0.580. The fraction of sp³-hybridized carbons (Fsp3) is 0.864. The lowest BCUT2D eigenvalue weighted by Gasteiger charge is -2.40. The van der Waals surface area contributed by atoms with Gasteiger partial charge in [0.25, 0.3) is 0 Å². The SMILES string of the molecule is CC(C)(C)[Si](C)(C)OC[C@H]1O[C@@H](N2C=NC3C(N)=NC=NC32)CC1O[Si](C)(C)C(C)(C)C. The number of nitrogens with two attached hydrogens (primary N) is 1. The maximum absolute atomic E-state index is 6.86. The van der Waals surface area contributed by atoms with Crippen LogP contribution in [0.4, 0.5) is 0 Å². The number of fused-ring (bicyclic) bond motifs is 1. The van der Waals surface area contributed by atoms with Crippen LogP contribution in [0.5, 0.6) is 0 Å². The van der Waals surface area contributed by atoms with Crippen LogP contribution in [-0.4, -0.2) is 77.3 Å². The summed E-state index contributed by atoms with van der Waals surface area (Å²) in [5.74, 6) is 0.494. The van der Waals surface area contributed by atoms with Crippen molar-refractivity contribution < 1.29 is 13.6 Å². The first kappa shape index (κ1) is 25.5. The normalized spacial score (nSPS) is 31.2. The molecule has 10 heteroatoms. The number of rotatable bonds is 6. The molecule has 0 saturated carbocycles. The third kappa shape index (κ3) is 5.04.